The van der Waals surface area contributed by atoms with Gasteiger partial charge >= 0.3 is 5.97 Å². The number of aromatic nitrogens is 2. The summed E-state index contributed by atoms with van der Waals surface area (Å²) >= 11 is 0. The number of aromatic carboxylic acids is 1. The molecule has 2 heterocycles. The van der Waals surface area contributed by atoms with E-state index < -0.39 is 5.97 Å². The number of fused-ring (bicyclic) bond motifs is 2. The fourth-order valence-corrected chi connectivity index (χ4v) is 5.47. The Bertz CT molecular complexity index is 958. The van der Waals surface area contributed by atoms with Gasteiger partial charge in [-0.25, -0.2) is 4.79 Å². The number of hydrogen-bond acceptors (Lipinski definition) is 3. The third-order valence-electron chi connectivity index (χ3n) is 7.16. The fraction of sp³-hybridized carbons (Fsp3) is 0.500. The van der Waals surface area contributed by atoms with Crippen LogP contribution in [-0.4, -0.2) is 44.8 Å². The fourth-order valence-electron chi connectivity index (χ4n) is 5.47. The standard InChI is InChI=1S/C22H25N3O3/c1-14-17(21(27)28)13-23-25(14)16-7-10-24(11-8-16)20(26)19-12-22(19)9-6-15-4-2-3-5-18(15)22/h2-5,13,16,19H,6-12H2,1H3,(H,27,28). The number of nitrogens with zero attached hydrogens (tertiary/aromatic N) is 3. The van der Waals surface area contributed by atoms with E-state index >= 15 is 0 Å². The molecule has 1 aliphatic heterocycles. The minimum Gasteiger partial charge on any atom is -0.478 e. The Labute approximate surface area is 164 Å². The second-order valence-corrected chi connectivity index (χ2v) is 8.52. The Kier molecular flexibility index (Phi) is 3.86. The molecule has 1 amide bonds. The number of amides is 1. The molecular weight excluding hydrogens is 354 g/mol. The molecule has 2 fully saturated rings. The summed E-state index contributed by atoms with van der Waals surface area (Å²) < 4.78 is 1.83. The van der Waals surface area contributed by atoms with Crippen LogP contribution in [0.4, 0.5) is 0 Å². The highest BCUT2D eigenvalue weighted by molar-refractivity contribution is 5.88. The quantitative estimate of drug-likeness (QED) is 0.890. The summed E-state index contributed by atoms with van der Waals surface area (Å²) in [7, 11) is 0. The molecule has 2 unspecified atom stereocenters. The van der Waals surface area contributed by atoms with Gasteiger partial charge in [0.2, 0.25) is 5.91 Å². The van der Waals surface area contributed by atoms with Crippen molar-refractivity contribution in [2.45, 2.75) is 50.5 Å². The number of hydrogen-bond donors (Lipinski definition) is 1. The SMILES string of the molecule is Cc1c(C(=O)O)cnn1C1CCN(C(=O)C2CC23CCc2ccccc23)CC1. The van der Waals surface area contributed by atoms with E-state index in [0.717, 1.165) is 45.2 Å². The average molecular weight is 379 g/mol. The number of aryl methyl sites for hydroxylation is 1. The van der Waals surface area contributed by atoms with Crippen LogP contribution in [0.15, 0.2) is 30.5 Å². The summed E-state index contributed by atoms with van der Waals surface area (Å²) in [6.45, 7) is 3.25. The van der Waals surface area contributed by atoms with Crippen molar-refractivity contribution in [3.63, 3.8) is 0 Å². The van der Waals surface area contributed by atoms with E-state index in [1.165, 1.54) is 17.3 Å². The third kappa shape index (κ3) is 2.50. The zero-order valence-corrected chi connectivity index (χ0v) is 16.1. The van der Waals surface area contributed by atoms with Crippen LogP contribution in [0.25, 0.3) is 0 Å². The molecule has 146 valence electrons. The molecule has 1 saturated heterocycles. The molecule has 2 aromatic rings. The molecule has 2 atom stereocenters. The van der Waals surface area contributed by atoms with E-state index in [1.54, 1.807) is 6.92 Å². The van der Waals surface area contributed by atoms with E-state index in [1.807, 2.05) is 9.58 Å². The van der Waals surface area contributed by atoms with E-state index in [-0.39, 0.29) is 22.9 Å². The zero-order valence-electron chi connectivity index (χ0n) is 16.1. The van der Waals surface area contributed by atoms with Crippen LogP contribution in [0, 0.1) is 12.8 Å². The monoisotopic (exact) mass is 379 g/mol. The highest BCUT2D eigenvalue weighted by atomic mass is 16.4. The molecule has 1 N–H and O–H groups in total. The van der Waals surface area contributed by atoms with Crippen molar-refractivity contribution in [2.24, 2.45) is 5.92 Å². The molecule has 0 radical (unpaired) electrons. The van der Waals surface area contributed by atoms with Gasteiger partial charge in [0.05, 0.1) is 17.9 Å². The Balaban J connectivity index is 1.25. The third-order valence-corrected chi connectivity index (χ3v) is 7.16. The van der Waals surface area contributed by atoms with Crippen LogP contribution >= 0.6 is 0 Å². The number of carboxylic acid groups (broad SMARTS) is 1. The Morgan fingerprint density at radius 2 is 1.96 bits per heavy atom. The van der Waals surface area contributed by atoms with E-state index in [4.69, 9.17) is 0 Å². The van der Waals surface area contributed by atoms with Gasteiger partial charge in [0, 0.05) is 24.4 Å². The summed E-state index contributed by atoms with van der Waals surface area (Å²) in [4.78, 5) is 26.4. The molecule has 6 nitrogen and oxygen atoms in total. The highest BCUT2D eigenvalue weighted by Gasteiger charge is 2.62. The lowest BCUT2D eigenvalue weighted by Gasteiger charge is -2.33. The highest BCUT2D eigenvalue weighted by Crippen LogP contribution is 2.62. The second-order valence-electron chi connectivity index (χ2n) is 8.52. The molecule has 1 aromatic heterocycles. The Morgan fingerprint density at radius 3 is 2.68 bits per heavy atom. The van der Waals surface area contributed by atoms with Crippen molar-refractivity contribution in [1.82, 2.24) is 14.7 Å². The predicted octanol–water partition coefficient (Wildman–Crippen LogP) is 2.96. The molecule has 28 heavy (non-hydrogen) atoms. The van der Waals surface area contributed by atoms with Gasteiger partial charge in [-0.1, -0.05) is 24.3 Å². The number of carbonyl (C=O) groups is 2. The number of carboxylic acids is 1. The molecule has 1 spiro atoms. The van der Waals surface area contributed by atoms with Crippen LogP contribution in [0.1, 0.15) is 58.9 Å². The summed E-state index contributed by atoms with van der Waals surface area (Å²) in [6.07, 6.45) is 6.26. The maximum Gasteiger partial charge on any atom is 0.339 e. The molecule has 1 saturated carbocycles. The summed E-state index contributed by atoms with van der Waals surface area (Å²) in [6, 6.07) is 8.76. The lowest BCUT2D eigenvalue weighted by Crippen LogP contribution is -2.41. The first-order chi connectivity index (χ1) is 13.5. The van der Waals surface area contributed by atoms with Gasteiger partial charge in [-0.15, -0.1) is 0 Å². The van der Waals surface area contributed by atoms with Crippen molar-refractivity contribution in [3.8, 4) is 0 Å². The van der Waals surface area contributed by atoms with Crippen molar-refractivity contribution >= 4 is 11.9 Å². The summed E-state index contributed by atoms with van der Waals surface area (Å²) in [5.41, 5.74) is 3.87. The minimum atomic E-state index is -0.938. The van der Waals surface area contributed by atoms with Crippen molar-refractivity contribution in [1.29, 1.82) is 0 Å². The number of carbonyl (C=O) groups excluding carboxylic acids is 1. The van der Waals surface area contributed by atoms with Gasteiger partial charge in [0.15, 0.2) is 0 Å². The van der Waals surface area contributed by atoms with Crippen molar-refractivity contribution in [3.05, 3.63) is 52.8 Å². The van der Waals surface area contributed by atoms with Gasteiger partial charge in [0.1, 0.15) is 5.56 Å². The van der Waals surface area contributed by atoms with Crippen LogP contribution in [0.2, 0.25) is 0 Å². The van der Waals surface area contributed by atoms with Crippen LogP contribution in [0.3, 0.4) is 0 Å². The molecule has 3 aliphatic rings. The molecular formula is C22H25N3O3. The normalized spacial score (nSPS) is 26.5. The number of piperidine rings is 1. The van der Waals surface area contributed by atoms with Gasteiger partial charge in [0.25, 0.3) is 0 Å². The lowest BCUT2D eigenvalue weighted by molar-refractivity contribution is -0.134. The first-order valence-corrected chi connectivity index (χ1v) is 10.2. The van der Waals surface area contributed by atoms with Gasteiger partial charge < -0.3 is 10.0 Å². The second kappa shape index (κ2) is 6.19. The van der Waals surface area contributed by atoms with E-state index in [0.29, 0.717) is 11.6 Å². The van der Waals surface area contributed by atoms with Crippen molar-refractivity contribution in [2.75, 3.05) is 13.1 Å². The topological polar surface area (TPSA) is 75.4 Å². The van der Waals surface area contributed by atoms with Crippen LogP contribution in [0.5, 0.6) is 0 Å². The van der Waals surface area contributed by atoms with E-state index in [9.17, 15) is 14.7 Å². The summed E-state index contributed by atoms with van der Waals surface area (Å²) in [5, 5.41) is 13.5. The van der Waals surface area contributed by atoms with Gasteiger partial charge in [-0.2, -0.15) is 5.10 Å². The van der Waals surface area contributed by atoms with Crippen LogP contribution in [-0.2, 0) is 16.6 Å². The Hall–Kier alpha value is -2.63. The smallest absolute Gasteiger partial charge is 0.339 e. The van der Waals surface area contributed by atoms with Gasteiger partial charge in [-0.05, 0) is 50.2 Å². The van der Waals surface area contributed by atoms with E-state index in [2.05, 4.69) is 29.4 Å². The Morgan fingerprint density at radius 1 is 1.21 bits per heavy atom. The number of benzene rings is 1. The lowest BCUT2D eigenvalue weighted by atomic mass is 9.94. The predicted molar refractivity (Wildman–Crippen MR) is 103 cm³/mol. The molecule has 6 heteroatoms. The molecule has 0 bridgehead atoms. The molecule has 5 rings (SSSR count). The van der Waals surface area contributed by atoms with Crippen LogP contribution < -0.4 is 0 Å². The summed E-state index contributed by atoms with van der Waals surface area (Å²) in [5.74, 6) is -0.497. The molecule has 2 aliphatic carbocycles. The number of likely N-dealkylation sites (tertiary alicyclic amines) is 1. The molecule has 1 aromatic carbocycles. The van der Waals surface area contributed by atoms with Gasteiger partial charge in [-0.3, -0.25) is 9.48 Å². The maximum absolute atomic E-state index is 13.2. The zero-order chi connectivity index (χ0) is 19.5. The number of rotatable bonds is 3. The first-order valence-electron chi connectivity index (χ1n) is 10.2. The first kappa shape index (κ1) is 17.5. The minimum absolute atomic E-state index is 0.0967. The largest absolute Gasteiger partial charge is 0.478 e. The maximum atomic E-state index is 13.2. The van der Waals surface area contributed by atoms with Crippen molar-refractivity contribution < 1.29 is 14.7 Å². The average Bonchev–Trinajstić information content (AvgIpc) is 3.13.